The second-order valence-corrected chi connectivity index (χ2v) is 8.56. The molecule has 2 nitrogen and oxygen atoms in total. The third-order valence-corrected chi connectivity index (χ3v) is 7.22. The summed E-state index contributed by atoms with van der Waals surface area (Å²) >= 11 is 0. The Morgan fingerprint density at radius 1 is 1.10 bits per heavy atom. The van der Waals surface area contributed by atoms with Gasteiger partial charge >= 0.3 is 0 Å². The topological polar surface area (TPSA) is 27.0 Å². The first-order chi connectivity index (χ1) is 10.0. The molecule has 5 unspecified atom stereocenters. The van der Waals surface area contributed by atoms with E-state index in [1.165, 1.54) is 51.6 Å². The SMILES string of the molecule is CCC(C)(C)C1CCC(C#N)C(N2CC3CCCC3C2)C1. The third-order valence-electron chi connectivity index (χ3n) is 7.22. The van der Waals surface area contributed by atoms with Crippen molar-refractivity contribution in [1.29, 1.82) is 5.26 Å². The molecule has 3 aliphatic rings. The Morgan fingerprint density at radius 2 is 1.76 bits per heavy atom. The van der Waals surface area contributed by atoms with Crippen LogP contribution in [0.15, 0.2) is 0 Å². The molecule has 3 rings (SSSR count). The smallest absolute Gasteiger partial charge is 0.0672 e. The Labute approximate surface area is 130 Å². The molecule has 0 bridgehead atoms. The van der Waals surface area contributed by atoms with Gasteiger partial charge in [-0.2, -0.15) is 5.26 Å². The van der Waals surface area contributed by atoms with Crippen molar-refractivity contribution in [2.45, 2.75) is 71.8 Å². The first-order valence-corrected chi connectivity index (χ1v) is 9.18. The zero-order valence-electron chi connectivity index (χ0n) is 14.1. The highest BCUT2D eigenvalue weighted by molar-refractivity contribution is 5.02. The van der Waals surface area contributed by atoms with Gasteiger partial charge in [0.15, 0.2) is 0 Å². The van der Waals surface area contributed by atoms with Gasteiger partial charge in [-0.1, -0.05) is 33.6 Å². The van der Waals surface area contributed by atoms with Crippen LogP contribution in [0.4, 0.5) is 0 Å². The van der Waals surface area contributed by atoms with Crippen LogP contribution in [0.1, 0.15) is 65.7 Å². The molecule has 1 heterocycles. The van der Waals surface area contributed by atoms with Crippen LogP contribution in [0.25, 0.3) is 0 Å². The van der Waals surface area contributed by atoms with E-state index in [0.29, 0.717) is 11.5 Å². The first-order valence-electron chi connectivity index (χ1n) is 9.18. The van der Waals surface area contributed by atoms with Crippen LogP contribution in [0.3, 0.4) is 0 Å². The lowest BCUT2D eigenvalue weighted by Crippen LogP contribution is -2.45. The van der Waals surface area contributed by atoms with Gasteiger partial charge in [-0.3, -0.25) is 4.90 Å². The maximum absolute atomic E-state index is 9.59. The van der Waals surface area contributed by atoms with E-state index in [-0.39, 0.29) is 5.92 Å². The summed E-state index contributed by atoms with van der Waals surface area (Å²) in [6.45, 7) is 9.76. The molecule has 0 aromatic carbocycles. The van der Waals surface area contributed by atoms with Crippen molar-refractivity contribution in [1.82, 2.24) is 4.90 Å². The lowest BCUT2D eigenvalue weighted by atomic mass is 9.66. The molecule has 0 aromatic rings. The molecule has 1 saturated heterocycles. The number of nitriles is 1. The third kappa shape index (κ3) is 2.87. The molecule has 21 heavy (non-hydrogen) atoms. The predicted molar refractivity (Wildman–Crippen MR) is 86.7 cm³/mol. The molecular formula is C19H32N2. The molecular weight excluding hydrogens is 256 g/mol. The van der Waals surface area contributed by atoms with Gasteiger partial charge in [0.2, 0.25) is 0 Å². The van der Waals surface area contributed by atoms with Crippen molar-refractivity contribution >= 4 is 0 Å². The molecule has 118 valence electrons. The second-order valence-electron chi connectivity index (χ2n) is 8.56. The van der Waals surface area contributed by atoms with Crippen molar-refractivity contribution in [2.24, 2.45) is 29.1 Å². The van der Waals surface area contributed by atoms with Gasteiger partial charge in [-0.05, 0) is 55.3 Å². The standard InChI is InChI=1S/C19H32N2/c1-4-19(2,3)17-9-8-14(11-20)18(10-17)21-12-15-6-5-7-16(15)13-21/h14-18H,4-10,12-13H2,1-3H3. The van der Waals surface area contributed by atoms with Crippen LogP contribution in [-0.2, 0) is 0 Å². The van der Waals surface area contributed by atoms with Crippen LogP contribution in [0.2, 0.25) is 0 Å². The molecule has 0 amide bonds. The van der Waals surface area contributed by atoms with Crippen LogP contribution < -0.4 is 0 Å². The monoisotopic (exact) mass is 288 g/mol. The molecule has 0 aromatic heterocycles. The minimum Gasteiger partial charge on any atom is -0.298 e. The average molecular weight is 288 g/mol. The van der Waals surface area contributed by atoms with Gasteiger partial charge in [0, 0.05) is 19.1 Å². The van der Waals surface area contributed by atoms with E-state index in [2.05, 4.69) is 31.7 Å². The van der Waals surface area contributed by atoms with E-state index in [1.54, 1.807) is 0 Å². The number of hydrogen-bond acceptors (Lipinski definition) is 2. The Balaban J connectivity index is 1.70. The minimum atomic E-state index is 0.285. The van der Waals surface area contributed by atoms with E-state index in [0.717, 1.165) is 24.2 Å². The van der Waals surface area contributed by atoms with Gasteiger partial charge in [-0.25, -0.2) is 0 Å². The van der Waals surface area contributed by atoms with Crippen LogP contribution in [0, 0.1) is 40.4 Å². The van der Waals surface area contributed by atoms with Gasteiger partial charge in [0.25, 0.3) is 0 Å². The highest BCUT2D eigenvalue weighted by Gasteiger charge is 2.44. The average Bonchev–Trinajstić information content (AvgIpc) is 3.07. The van der Waals surface area contributed by atoms with Crippen LogP contribution >= 0.6 is 0 Å². The molecule has 3 fully saturated rings. The number of hydrogen-bond donors (Lipinski definition) is 0. The summed E-state index contributed by atoms with van der Waals surface area (Å²) in [5, 5.41) is 9.59. The predicted octanol–water partition coefficient (Wildman–Crippen LogP) is 4.46. The van der Waals surface area contributed by atoms with E-state index in [1.807, 2.05) is 0 Å². The summed E-state index contributed by atoms with van der Waals surface area (Å²) in [6, 6.07) is 3.19. The maximum Gasteiger partial charge on any atom is 0.0672 e. The maximum atomic E-state index is 9.59. The minimum absolute atomic E-state index is 0.285. The Hall–Kier alpha value is -0.550. The van der Waals surface area contributed by atoms with E-state index in [4.69, 9.17) is 0 Å². The first kappa shape index (κ1) is 15.3. The summed E-state index contributed by atoms with van der Waals surface area (Å²) in [4.78, 5) is 2.72. The summed E-state index contributed by atoms with van der Waals surface area (Å²) < 4.78 is 0. The molecule has 0 spiro atoms. The van der Waals surface area contributed by atoms with Gasteiger partial charge in [-0.15, -0.1) is 0 Å². The molecule has 2 saturated carbocycles. The summed E-state index contributed by atoms with van der Waals surface area (Å²) in [6.07, 6.45) is 9.23. The quantitative estimate of drug-likeness (QED) is 0.766. The van der Waals surface area contributed by atoms with Gasteiger partial charge < -0.3 is 0 Å². The molecule has 0 radical (unpaired) electrons. The van der Waals surface area contributed by atoms with Crippen molar-refractivity contribution in [3.05, 3.63) is 0 Å². The van der Waals surface area contributed by atoms with E-state index >= 15 is 0 Å². The number of rotatable bonds is 3. The normalized spacial score (nSPS) is 41.0. The Bertz CT molecular complexity index is 396. The fourth-order valence-corrected chi connectivity index (χ4v) is 5.24. The van der Waals surface area contributed by atoms with Crippen LogP contribution in [0.5, 0.6) is 0 Å². The van der Waals surface area contributed by atoms with Crippen LogP contribution in [-0.4, -0.2) is 24.0 Å². The second kappa shape index (κ2) is 5.92. The van der Waals surface area contributed by atoms with E-state index < -0.39 is 0 Å². The fourth-order valence-electron chi connectivity index (χ4n) is 5.24. The molecule has 0 N–H and O–H groups in total. The Kier molecular flexibility index (Phi) is 4.33. The zero-order valence-corrected chi connectivity index (χ0v) is 14.1. The highest BCUT2D eigenvalue weighted by Crippen LogP contribution is 2.46. The molecule has 5 atom stereocenters. The lowest BCUT2D eigenvalue weighted by Gasteiger charge is -2.44. The lowest BCUT2D eigenvalue weighted by molar-refractivity contribution is 0.0597. The highest BCUT2D eigenvalue weighted by atomic mass is 15.2. The van der Waals surface area contributed by atoms with Gasteiger partial charge in [0.05, 0.1) is 12.0 Å². The summed E-state index contributed by atoms with van der Waals surface area (Å²) in [5.41, 5.74) is 0.439. The van der Waals surface area contributed by atoms with Crippen molar-refractivity contribution in [3.63, 3.8) is 0 Å². The molecule has 1 aliphatic heterocycles. The zero-order chi connectivity index (χ0) is 15.0. The summed E-state index contributed by atoms with van der Waals surface area (Å²) in [5.74, 6) is 2.98. The fraction of sp³-hybridized carbons (Fsp3) is 0.947. The number of nitrogens with zero attached hydrogens (tertiary/aromatic N) is 2. The largest absolute Gasteiger partial charge is 0.298 e. The van der Waals surface area contributed by atoms with Crippen molar-refractivity contribution < 1.29 is 0 Å². The number of fused-ring (bicyclic) bond motifs is 1. The van der Waals surface area contributed by atoms with Gasteiger partial charge in [0.1, 0.15) is 0 Å². The Morgan fingerprint density at radius 3 is 2.33 bits per heavy atom. The van der Waals surface area contributed by atoms with Crippen molar-refractivity contribution in [3.8, 4) is 6.07 Å². The van der Waals surface area contributed by atoms with Crippen molar-refractivity contribution in [2.75, 3.05) is 13.1 Å². The van der Waals surface area contributed by atoms with E-state index in [9.17, 15) is 5.26 Å². The molecule has 2 heteroatoms. The number of likely N-dealkylation sites (tertiary alicyclic amines) is 1. The molecule has 2 aliphatic carbocycles. The summed E-state index contributed by atoms with van der Waals surface area (Å²) in [7, 11) is 0.